The lowest BCUT2D eigenvalue weighted by molar-refractivity contribution is 0.473. The molecule has 0 radical (unpaired) electrons. The van der Waals surface area contributed by atoms with Gasteiger partial charge in [0.2, 0.25) is 5.90 Å². The highest BCUT2D eigenvalue weighted by Crippen LogP contribution is 2.00. The number of ether oxygens (including phenoxy) is 1. The molecule has 0 atom stereocenters. The molecule has 12 heavy (non-hydrogen) atoms. The normalized spacial score (nSPS) is 15.2. The van der Waals surface area contributed by atoms with E-state index in [0.717, 1.165) is 0 Å². The largest absolute Gasteiger partial charge is 0.445 e. The Hall–Kier alpha value is -1.91. The maximum absolute atomic E-state index is 5.13. The minimum Gasteiger partial charge on any atom is -0.445 e. The molecular weight excluding hydrogens is 156 g/mol. The van der Waals surface area contributed by atoms with E-state index in [-0.39, 0.29) is 0 Å². The summed E-state index contributed by atoms with van der Waals surface area (Å²) in [5.41, 5.74) is 0.589. The average Bonchev–Trinajstić information content (AvgIpc) is 2.48. The Morgan fingerprint density at radius 2 is 2.33 bits per heavy atom. The molecular formula is C7H6N4O. The van der Waals surface area contributed by atoms with Crippen molar-refractivity contribution in [3.8, 4) is 0 Å². The van der Waals surface area contributed by atoms with Gasteiger partial charge in [0.1, 0.15) is 0 Å². The van der Waals surface area contributed by atoms with Gasteiger partial charge in [-0.1, -0.05) is 0 Å². The number of allylic oxidation sites excluding steroid dienone is 2. The Labute approximate surface area is 68.5 Å². The fourth-order valence-electron chi connectivity index (χ4n) is 0.771. The third kappa shape index (κ3) is 1.24. The van der Waals surface area contributed by atoms with Crippen LogP contribution < -0.4 is 0 Å². The Morgan fingerprint density at radius 1 is 1.33 bits per heavy atom. The van der Waals surface area contributed by atoms with E-state index in [4.69, 9.17) is 4.74 Å². The van der Waals surface area contributed by atoms with E-state index < -0.39 is 0 Å². The average molecular weight is 162 g/mol. The first-order valence-electron chi connectivity index (χ1n) is 3.39. The van der Waals surface area contributed by atoms with Gasteiger partial charge < -0.3 is 4.74 Å². The summed E-state index contributed by atoms with van der Waals surface area (Å²) in [4.78, 5) is 3.99. The Morgan fingerprint density at radius 3 is 3.17 bits per heavy atom. The van der Waals surface area contributed by atoms with Crippen LogP contribution in [0.1, 0.15) is 5.69 Å². The second kappa shape index (κ2) is 3.00. The lowest BCUT2D eigenvalue weighted by Crippen LogP contribution is -2.02. The molecule has 1 N–H and O–H groups in total. The first-order valence-corrected chi connectivity index (χ1v) is 3.39. The van der Waals surface area contributed by atoms with Crippen LogP contribution in [0.3, 0.4) is 0 Å². The number of aromatic amines is 1. The zero-order valence-electron chi connectivity index (χ0n) is 6.14. The third-order valence-electron chi connectivity index (χ3n) is 1.28. The van der Waals surface area contributed by atoms with Crippen molar-refractivity contribution in [3.05, 3.63) is 36.5 Å². The van der Waals surface area contributed by atoms with E-state index in [0.29, 0.717) is 11.6 Å². The van der Waals surface area contributed by atoms with Gasteiger partial charge in [0.25, 0.3) is 0 Å². The van der Waals surface area contributed by atoms with Gasteiger partial charge >= 0.3 is 0 Å². The molecule has 0 bridgehead atoms. The minimum absolute atomic E-state index is 0.439. The van der Waals surface area contributed by atoms with Crippen molar-refractivity contribution in [1.29, 1.82) is 0 Å². The highest BCUT2D eigenvalue weighted by Gasteiger charge is 2.06. The van der Waals surface area contributed by atoms with Crippen LogP contribution >= 0.6 is 0 Å². The molecule has 1 aromatic rings. The van der Waals surface area contributed by atoms with Gasteiger partial charge in [-0.3, -0.25) is 0 Å². The van der Waals surface area contributed by atoms with E-state index in [1.807, 2.05) is 0 Å². The molecule has 0 unspecified atom stereocenters. The molecule has 0 saturated carbocycles. The first kappa shape index (κ1) is 6.78. The molecule has 2 rings (SSSR count). The lowest BCUT2D eigenvalue weighted by Gasteiger charge is -1.96. The van der Waals surface area contributed by atoms with E-state index in [1.54, 1.807) is 24.5 Å². The molecule has 2 heterocycles. The number of rotatable bonds is 1. The summed E-state index contributed by atoms with van der Waals surface area (Å²) in [6.07, 6.45) is 8.24. The topological polar surface area (TPSA) is 63.2 Å². The highest BCUT2D eigenvalue weighted by molar-refractivity contribution is 5.92. The van der Waals surface area contributed by atoms with Gasteiger partial charge in [-0.25, -0.2) is 4.99 Å². The summed E-state index contributed by atoms with van der Waals surface area (Å²) in [6, 6.07) is 0. The molecule has 5 heteroatoms. The number of aromatic nitrogens is 3. The van der Waals surface area contributed by atoms with Crippen molar-refractivity contribution in [2.24, 2.45) is 4.99 Å². The zero-order chi connectivity index (χ0) is 8.23. The van der Waals surface area contributed by atoms with Crippen molar-refractivity contribution >= 4 is 5.90 Å². The summed E-state index contributed by atoms with van der Waals surface area (Å²) in [7, 11) is 0. The fourth-order valence-corrected chi connectivity index (χ4v) is 0.771. The Bertz CT molecular complexity index is 336. The van der Waals surface area contributed by atoms with Gasteiger partial charge in [0, 0.05) is 6.20 Å². The van der Waals surface area contributed by atoms with Crippen molar-refractivity contribution in [3.63, 3.8) is 0 Å². The van der Waals surface area contributed by atoms with Crippen LogP contribution in [-0.2, 0) is 4.74 Å². The number of aliphatic imine (C=N–C) groups is 1. The second-order valence-corrected chi connectivity index (χ2v) is 2.08. The molecule has 0 aliphatic carbocycles. The molecule has 0 spiro atoms. The molecule has 0 saturated heterocycles. The number of H-pyrrole nitrogens is 1. The summed E-state index contributed by atoms with van der Waals surface area (Å²) in [5.74, 6) is 0.439. The van der Waals surface area contributed by atoms with Gasteiger partial charge in [-0.05, 0) is 12.2 Å². The second-order valence-electron chi connectivity index (χ2n) is 2.08. The van der Waals surface area contributed by atoms with Crippen molar-refractivity contribution in [1.82, 2.24) is 15.4 Å². The minimum atomic E-state index is 0.439. The zero-order valence-corrected chi connectivity index (χ0v) is 6.14. The maximum Gasteiger partial charge on any atom is 0.248 e. The third-order valence-corrected chi connectivity index (χ3v) is 1.28. The highest BCUT2D eigenvalue weighted by atomic mass is 16.5. The standard InChI is InChI=1S/C7H6N4O/c1-2-4-12-7(8-3-1)6-5-9-11-10-6/h1-5H,(H,9,10,11). The van der Waals surface area contributed by atoms with Crippen LogP contribution in [0.5, 0.6) is 0 Å². The summed E-state index contributed by atoms with van der Waals surface area (Å²) < 4.78 is 5.13. The Kier molecular flexibility index (Phi) is 1.69. The van der Waals surface area contributed by atoms with E-state index in [2.05, 4.69) is 20.4 Å². The SMILES string of the molecule is C1=CN=C(c2cn[nH]n2)OC=C1. The smallest absolute Gasteiger partial charge is 0.248 e. The number of hydrogen-bond acceptors (Lipinski definition) is 4. The summed E-state index contributed by atoms with van der Waals surface area (Å²) >= 11 is 0. The monoisotopic (exact) mass is 162 g/mol. The van der Waals surface area contributed by atoms with Gasteiger partial charge in [0.15, 0.2) is 5.69 Å². The van der Waals surface area contributed by atoms with Crippen LogP contribution in [0, 0.1) is 0 Å². The van der Waals surface area contributed by atoms with Crippen LogP contribution in [0.15, 0.2) is 35.8 Å². The predicted octanol–water partition coefficient (Wildman–Crippen LogP) is 0.609. The molecule has 0 fully saturated rings. The van der Waals surface area contributed by atoms with Gasteiger partial charge in [-0.2, -0.15) is 15.4 Å². The van der Waals surface area contributed by atoms with Crippen LogP contribution in [0.2, 0.25) is 0 Å². The van der Waals surface area contributed by atoms with Gasteiger partial charge in [0.05, 0.1) is 12.5 Å². The lowest BCUT2D eigenvalue weighted by atomic mass is 10.5. The number of nitrogens with zero attached hydrogens (tertiary/aromatic N) is 3. The molecule has 1 aliphatic rings. The number of nitrogens with one attached hydrogen (secondary N) is 1. The Balaban J connectivity index is 2.30. The molecule has 1 aromatic heterocycles. The summed E-state index contributed by atoms with van der Waals surface area (Å²) in [5, 5.41) is 9.94. The summed E-state index contributed by atoms with van der Waals surface area (Å²) in [6.45, 7) is 0. The van der Waals surface area contributed by atoms with E-state index in [1.165, 1.54) is 6.26 Å². The molecule has 60 valence electrons. The van der Waals surface area contributed by atoms with Crippen LogP contribution in [-0.4, -0.2) is 21.3 Å². The quantitative estimate of drug-likeness (QED) is 0.658. The van der Waals surface area contributed by atoms with E-state index >= 15 is 0 Å². The maximum atomic E-state index is 5.13. The number of hydrogen-bond donors (Lipinski definition) is 1. The van der Waals surface area contributed by atoms with Crippen molar-refractivity contribution in [2.45, 2.75) is 0 Å². The fraction of sp³-hybridized carbons (Fsp3) is 0. The van der Waals surface area contributed by atoms with Crippen LogP contribution in [0.4, 0.5) is 0 Å². The molecule has 0 amide bonds. The first-order chi connectivity index (χ1) is 5.97. The molecule has 0 aromatic carbocycles. The van der Waals surface area contributed by atoms with Crippen LogP contribution in [0.25, 0.3) is 0 Å². The predicted molar refractivity (Wildman–Crippen MR) is 42.3 cm³/mol. The molecule has 1 aliphatic heterocycles. The molecule has 5 nitrogen and oxygen atoms in total. The van der Waals surface area contributed by atoms with E-state index in [9.17, 15) is 0 Å². The van der Waals surface area contributed by atoms with Crippen molar-refractivity contribution < 1.29 is 4.74 Å². The van der Waals surface area contributed by atoms with Gasteiger partial charge in [-0.15, -0.1) is 0 Å². The van der Waals surface area contributed by atoms with Crippen molar-refractivity contribution in [2.75, 3.05) is 0 Å².